The number of nitrogens with zero attached hydrogens (tertiary/aromatic N) is 2. The smallest absolute Gasteiger partial charge is 0.127 e. The minimum absolute atomic E-state index is 0.523. The van der Waals surface area contributed by atoms with Crippen molar-refractivity contribution in [2.75, 3.05) is 17.2 Å². The lowest BCUT2D eigenvalue weighted by molar-refractivity contribution is 0.732. The minimum atomic E-state index is 0.523. The predicted octanol–water partition coefficient (Wildman–Crippen LogP) is 2.35. The van der Waals surface area contributed by atoms with Crippen LogP contribution in [0.5, 0.6) is 0 Å². The summed E-state index contributed by atoms with van der Waals surface area (Å²) in [5.74, 6) is 6.62. The van der Waals surface area contributed by atoms with Gasteiger partial charge in [-0.25, -0.2) is 4.98 Å². The first-order chi connectivity index (χ1) is 8.24. The Balaban J connectivity index is 2.84. The van der Waals surface area contributed by atoms with Gasteiger partial charge in [0.1, 0.15) is 11.6 Å². The van der Waals surface area contributed by atoms with Crippen molar-refractivity contribution in [3.63, 3.8) is 0 Å². The van der Waals surface area contributed by atoms with Gasteiger partial charge in [-0.3, -0.25) is 0 Å². The fraction of sp³-hybridized carbons (Fsp3) is 0.615. The van der Waals surface area contributed by atoms with E-state index in [4.69, 9.17) is 12.2 Å². The largest absolute Gasteiger partial charge is 0.384 e. The summed E-state index contributed by atoms with van der Waals surface area (Å²) >= 11 is 1.91. The van der Waals surface area contributed by atoms with Crippen LogP contribution >= 0.6 is 11.8 Å². The van der Waals surface area contributed by atoms with Gasteiger partial charge in [-0.1, -0.05) is 19.8 Å². The van der Waals surface area contributed by atoms with Gasteiger partial charge in [0.2, 0.25) is 0 Å². The summed E-state index contributed by atoms with van der Waals surface area (Å²) in [5.41, 5.74) is 7.10. The molecular formula is C13H21N3S. The van der Waals surface area contributed by atoms with Gasteiger partial charge in [0.25, 0.3) is 0 Å². The van der Waals surface area contributed by atoms with Crippen LogP contribution in [0.3, 0.4) is 0 Å². The molecule has 0 saturated carbocycles. The second-order valence-corrected chi connectivity index (χ2v) is 5.24. The Morgan fingerprint density at radius 3 is 2.76 bits per heavy atom. The number of nitrogen functional groups attached to an aromatic ring is 1. The third kappa shape index (κ3) is 3.71. The fourth-order valence-electron chi connectivity index (χ4n) is 1.75. The monoisotopic (exact) mass is 251 g/mol. The third-order valence-electron chi connectivity index (χ3n) is 2.57. The number of nitrogens with two attached hydrogens (primary N) is 1. The molecule has 0 aliphatic heterocycles. The van der Waals surface area contributed by atoms with Crippen molar-refractivity contribution in [1.29, 1.82) is 0 Å². The summed E-state index contributed by atoms with van der Waals surface area (Å²) in [6.07, 6.45) is 8.29. The zero-order valence-electron chi connectivity index (χ0n) is 10.7. The van der Waals surface area contributed by atoms with Crippen LogP contribution in [-0.4, -0.2) is 21.1 Å². The molecule has 1 rings (SSSR count). The first-order valence-corrected chi connectivity index (χ1v) is 7.24. The molecule has 0 radical (unpaired) electrons. The number of aromatic nitrogens is 2. The number of hydrogen-bond donors (Lipinski definition) is 1. The molecule has 0 atom stereocenters. The topological polar surface area (TPSA) is 43.8 Å². The number of rotatable bonds is 7. The highest BCUT2D eigenvalue weighted by molar-refractivity contribution is 7.99. The average molecular weight is 251 g/mol. The van der Waals surface area contributed by atoms with Crippen molar-refractivity contribution in [2.45, 2.75) is 39.7 Å². The van der Waals surface area contributed by atoms with Crippen molar-refractivity contribution in [2.24, 2.45) is 0 Å². The number of aryl methyl sites for hydroxylation is 2. The van der Waals surface area contributed by atoms with Gasteiger partial charge in [0.05, 0.1) is 12.2 Å². The third-order valence-corrected chi connectivity index (χ3v) is 3.47. The number of anilines is 1. The fourth-order valence-corrected chi connectivity index (χ4v) is 2.37. The quantitative estimate of drug-likeness (QED) is 0.597. The van der Waals surface area contributed by atoms with E-state index in [9.17, 15) is 0 Å². The predicted molar refractivity (Wildman–Crippen MR) is 76.2 cm³/mol. The first-order valence-electron chi connectivity index (χ1n) is 6.09. The van der Waals surface area contributed by atoms with Gasteiger partial charge in [-0.2, -0.15) is 11.8 Å². The molecule has 17 heavy (non-hydrogen) atoms. The first kappa shape index (κ1) is 14.0. The molecule has 0 saturated heterocycles. The summed E-state index contributed by atoms with van der Waals surface area (Å²) in [4.78, 5) is 4.62. The summed E-state index contributed by atoms with van der Waals surface area (Å²) in [5, 5.41) is 0. The van der Waals surface area contributed by atoms with E-state index >= 15 is 0 Å². The zero-order valence-corrected chi connectivity index (χ0v) is 11.5. The highest BCUT2D eigenvalue weighted by Gasteiger charge is 2.12. The summed E-state index contributed by atoms with van der Waals surface area (Å²) < 4.78 is 1.97. The Labute approximate surface area is 108 Å². The van der Waals surface area contributed by atoms with E-state index in [1.54, 1.807) is 0 Å². The maximum Gasteiger partial charge on any atom is 0.127 e. The molecule has 1 aromatic heterocycles. The second-order valence-electron chi connectivity index (χ2n) is 3.85. The van der Waals surface area contributed by atoms with E-state index in [0.29, 0.717) is 6.54 Å². The molecule has 0 bridgehead atoms. The van der Waals surface area contributed by atoms with Crippen LogP contribution in [0.2, 0.25) is 0 Å². The van der Waals surface area contributed by atoms with E-state index in [1.165, 1.54) is 0 Å². The van der Waals surface area contributed by atoms with Gasteiger partial charge in [0, 0.05) is 12.8 Å². The maximum atomic E-state index is 6.10. The molecule has 4 heteroatoms. The van der Waals surface area contributed by atoms with Crippen molar-refractivity contribution in [3.8, 4) is 12.3 Å². The molecule has 0 aromatic carbocycles. The standard InChI is InChI=1S/C13H21N3S/c1-4-7-12-15-11(8-10-17-6-3)13(14)16(12)9-5-2/h2H,4,6-10,14H2,1,3H3. The Kier molecular flexibility index (Phi) is 5.99. The van der Waals surface area contributed by atoms with E-state index in [2.05, 4.69) is 24.8 Å². The SMILES string of the molecule is C#CCn1c(CCC)nc(CCSCC)c1N. The van der Waals surface area contributed by atoms with Crippen LogP contribution in [0, 0.1) is 12.3 Å². The van der Waals surface area contributed by atoms with Crippen molar-refractivity contribution >= 4 is 17.6 Å². The summed E-state index contributed by atoms with van der Waals surface area (Å²) in [6, 6.07) is 0. The summed E-state index contributed by atoms with van der Waals surface area (Å²) in [6.45, 7) is 4.82. The Bertz CT molecular complexity index is 390. The van der Waals surface area contributed by atoms with E-state index < -0.39 is 0 Å². The molecule has 94 valence electrons. The van der Waals surface area contributed by atoms with Crippen LogP contribution in [-0.2, 0) is 19.4 Å². The van der Waals surface area contributed by atoms with Crippen LogP contribution in [0.4, 0.5) is 5.82 Å². The highest BCUT2D eigenvalue weighted by atomic mass is 32.2. The van der Waals surface area contributed by atoms with Gasteiger partial charge in [-0.15, -0.1) is 6.42 Å². The van der Waals surface area contributed by atoms with Crippen molar-refractivity contribution in [3.05, 3.63) is 11.5 Å². The molecule has 0 amide bonds. The van der Waals surface area contributed by atoms with Gasteiger partial charge in [-0.05, 0) is 17.9 Å². The van der Waals surface area contributed by atoms with E-state index in [-0.39, 0.29) is 0 Å². The van der Waals surface area contributed by atoms with Crippen LogP contribution in [0.25, 0.3) is 0 Å². The molecule has 0 unspecified atom stereocenters. The molecule has 1 heterocycles. The molecule has 0 aliphatic rings. The Morgan fingerprint density at radius 1 is 1.41 bits per heavy atom. The number of hydrogen-bond acceptors (Lipinski definition) is 3. The number of imidazole rings is 1. The maximum absolute atomic E-state index is 6.10. The highest BCUT2D eigenvalue weighted by Crippen LogP contribution is 2.18. The molecule has 0 spiro atoms. The van der Waals surface area contributed by atoms with Crippen molar-refractivity contribution in [1.82, 2.24) is 9.55 Å². The second kappa shape index (κ2) is 7.29. The molecule has 0 aliphatic carbocycles. The normalized spacial score (nSPS) is 10.4. The lowest BCUT2D eigenvalue weighted by atomic mass is 10.3. The van der Waals surface area contributed by atoms with Gasteiger partial charge in [0.15, 0.2) is 0 Å². The van der Waals surface area contributed by atoms with Crippen LogP contribution < -0.4 is 5.73 Å². The molecule has 2 N–H and O–H groups in total. The minimum Gasteiger partial charge on any atom is -0.384 e. The molecular weight excluding hydrogens is 230 g/mol. The van der Waals surface area contributed by atoms with Crippen molar-refractivity contribution < 1.29 is 0 Å². The lowest BCUT2D eigenvalue weighted by Gasteiger charge is -2.04. The van der Waals surface area contributed by atoms with E-state index in [1.807, 2.05) is 16.3 Å². The molecule has 3 nitrogen and oxygen atoms in total. The number of thioether (sulfide) groups is 1. The average Bonchev–Trinajstić information content (AvgIpc) is 2.59. The molecule has 0 fully saturated rings. The molecule has 1 aromatic rings. The van der Waals surface area contributed by atoms with Crippen LogP contribution in [0.1, 0.15) is 31.8 Å². The Morgan fingerprint density at radius 2 is 2.18 bits per heavy atom. The Hall–Kier alpha value is -1.08. The number of terminal acetylenes is 1. The van der Waals surface area contributed by atoms with Gasteiger partial charge >= 0.3 is 0 Å². The van der Waals surface area contributed by atoms with E-state index in [0.717, 1.165) is 48.1 Å². The summed E-state index contributed by atoms with van der Waals surface area (Å²) in [7, 11) is 0. The van der Waals surface area contributed by atoms with Crippen LogP contribution in [0.15, 0.2) is 0 Å². The lowest BCUT2D eigenvalue weighted by Crippen LogP contribution is -2.06. The zero-order chi connectivity index (χ0) is 12.7. The van der Waals surface area contributed by atoms with Gasteiger partial charge < -0.3 is 10.3 Å².